The van der Waals surface area contributed by atoms with Crippen molar-refractivity contribution in [3.8, 4) is 0 Å². The number of aromatic nitrogens is 1. The van der Waals surface area contributed by atoms with Crippen molar-refractivity contribution >= 4 is 22.4 Å². The molecule has 1 rings (SSSR count). The number of carbonyl (C=O) groups is 1. The number of nitrogens with zero attached hydrogens (tertiary/aromatic N) is 2. The Kier molecular flexibility index (Phi) is 4.70. The molecule has 0 amide bonds. The minimum absolute atomic E-state index is 0.142. The number of aryl methyl sites for hydroxylation is 1. The molecule has 0 radical (unpaired) electrons. The van der Waals surface area contributed by atoms with Gasteiger partial charge in [-0.1, -0.05) is 0 Å². The van der Waals surface area contributed by atoms with Gasteiger partial charge in [-0.05, 0) is 13.8 Å². The number of thiazole rings is 1. The molecule has 1 aromatic rings. The average Bonchev–Trinajstić information content (AvgIpc) is 2.60. The third kappa shape index (κ3) is 3.18. The fourth-order valence-corrected chi connectivity index (χ4v) is 2.07. The largest absolute Gasteiger partial charge is 0.476 e. The van der Waals surface area contributed by atoms with Crippen molar-refractivity contribution in [1.82, 2.24) is 4.98 Å². The van der Waals surface area contributed by atoms with E-state index in [1.165, 1.54) is 11.3 Å². The van der Waals surface area contributed by atoms with E-state index in [-0.39, 0.29) is 5.69 Å². The lowest BCUT2D eigenvalue weighted by atomic mass is 10.4. The number of anilines is 1. The first kappa shape index (κ1) is 12.9. The van der Waals surface area contributed by atoms with Crippen LogP contribution >= 0.6 is 11.3 Å². The molecule has 0 aromatic carbocycles. The molecule has 0 aliphatic rings. The molecule has 16 heavy (non-hydrogen) atoms. The average molecular weight is 244 g/mol. The summed E-state index contributed by atoms with van der Waals surface area (Å²) in [7, 11) is 1.88. The van der Waals surface area contributed by atoms with E-state index in [1.54, 1.807) is 6.92 Å². The van der Waals surface area contributed by atoms with E-state index in [2.05, 4.69) is 4.98 Å². The first-order valence-corrected chi connectivity index (χ1v) is 5.87. The maximum atomic E-state index is 10.8. The van der Waals surface area contributed by atoms with Crippen LogP contribution in [-0.4, -0.2) is 42.9 Å². The molecule has 90 valence electrons. The van der Waals surface area contributed by atoms with Crippen LogP contribution in [0.3, 0.4) is 0 Å². The lowest BCUT2D eigenvalue weighted by Crippen LogP contribution is -2.22. The smallest absolute Gasteiger partial charge is 0.355 e. The van der Waals surface area contributed by atoms with Crippen LogP contribution in [0, 0.1) is 6.92 Å². The summed E-state index contributed by atoms with van der Waals surface area (Å²) in [6.07, 6.45) is 0. The normalized spacial score (nSPS) is 10.4. The molecule has 0 spiro atoms. The van der Waals surface area contributed by atoms with Crippen LogP contribution in [-0.2, 0) is 4.74 Å². The van der Waals surface area contributed by atoms with Crippen LogP contribution in [0.5, 0.6) is 0 Å². The van der Waals surface area contributed by atoms with Crippen LogP contribution in [0.25, 0.3) is 0 Å². The zero-order valence-electron chi connectivity index (χ0n) is 9.69. The van der Waals surface area contributed by atoms with E-state index in [4.69, 9.17) is 9.84 Å². The van der Waals surface area contributed by atoms with Gasteiger partial charge in [0.25, 0.3) is 0 Å². The summed E-state index contributed by atoms with van der Waals surface area (Å²) in [5.41, 5.74) is 0.142. The van der Waals surface area contributed by atoms with E-state index in [0.29, 0.717) is 19.8 Å². The second-order valence-electron chi connectivity index (χ2n) is 3.32. The zero-order valence-corrected chi connectivity index (χ0v) is 10.5. The highest BCUT2D eigenvalue weighted by Crippen LogP contribution is 2.24. The summed E-state index contributed by atoms with van der Waals surface area (Å²) in [6.45, 7) is 5.72. The van der Waals surface area contributed by atoms with Crippen molar-refractivity contribution in [3.05, 3.63) is 10.6 Å². The topological polar surface area (TPSA) is 62.7 Å². The molecule has 0 aliphatic heterocycles. The van der Waals surface area contributed by atoms with Crippen molar-refractivity contribution in [2.45, 2.75) is 13.8 Å². The Morgan fingerprint density at radius 1 is 1.62 bits per heavy atom. The Balaban J connectivity index is 2.65. The number of carboxylic acid groups (broad SMARTS) is 1. The summed E-state index contributed by atoms with van der Waals surface area (Å²) in [5.74, 6) is -0.974. The Morgan fingerprint density at radius 2 is 2.31 bits per heavy atom. The second-order valence-corrected chi connectivity index (χ2v) is 4.51. The van der Waals surface area contributed by atoms with Crippen molar-refractivity contribution in [3.63, 3.8) is 0 Å². The Labute approximate surface area is 98.7 Å². The first-order valence-electron chi connectivity index (χ1n) is 5.05. The molecule has 5 nitrogen and oxygen atoms in total. The maximum Gasteiger partial charge on any atom is 0.355 e. The van der Waals surface area contributed by atoms with Crippen LogP contribution < -0.4 is 4.90 Å². The number of rotatable bonds is 6. The Hall–Kier alpha value is -1.14. The highest BCUT2D eigenvalue weighted by molar-refractivity contribution is 7.15. The van der Waals surface area contributed by atoms with Crippen molar-refractivity contribution in [2.24, 2.45) is 0 Å². The number of aromatic carboxylic acids is 1. The Bertz CT molecular complexity index is 365. The minimum atomic E-state index is -0.974. The predicted molar refractivity (Wildman–Crippen MR) is 63.6 cm³/mol. The molecule has 0 bridgehead atoms. The van der Waals surface area contributed by atoms with Gasteiger partial charge in [0.2, 0.25) is 0 Å². The van der Waals surface area contributed by atoms with Gasteiger partial charge >= 0.3 is 5.97 Å². The van der Waals surface area contributed by atoms with Gasteiger partial charge in [0.05, 0.1) is 6.61 Å². The lowest BCUT2D eigenvalue weighted by molar-refractivity contribution is 0.0690. The van der Waals surface area contributed by atoms with Gasteiger partial charge in [0.1, 0.15) is 0 Å². The second kappa shape index (κ2) is 5.81. The molecular formula is C10H16N2O3S. The van der Waals surface area contributed by atoms with Gasteiger partial charge in [0, 0.05) is 25.1 Å². The van der Waals surface area contributed by atoms with Crippen molar-refractivity contribution < 1.29 is 14.6 Å². The van der Waals surface area contributed by atoms with E-state index in [0.717, 1.165) is 10.0 Å². The highest BCUT2D eigenvalue weighted by atomic mass is 32.1. The van der Waals surface area contributed by atoms with E-state index >= 15 is 0 Å². The van der Waals surface area contributed by atoms with Gasteiger partial charge in [-0.25, -0.2) is 9.78 Å². The number of hydrogen-bond donors (Lipinski definition) is 1. The third-order valence-corrected chi connectivity index (χ3v) is 3.17. The molecule has 0 aliphatic carbocycles. The van der Waals surface area contributed by atoms with Gasteiger partial charge in [-0.15, -0.1) is 11.3 Å². The molecule has 1 aromatic heterocycles. The van der Waals surface area contributed by atoms with Crippen LogP contribution in [0.1, 0.15) is 22.3 Å². The van der Waals surface area contributed by atoms with Gasteiger partial charge in [0.15, 0.2) is 10.8 Å². The molecule has 1 N–H and O–H groups in total. The highest BCUT2D eigenvalue weighted by Gasteiger charge is 2.15. The first-order chi connectivity index (χ1) is 7.56. The molecule has 0 saturated heterocycles. The van der Waals surface area contributed by atoms with E-state index in [9.17, 15) is 4.79 Å². The molecule has 1 heterocycles. The van der Waals surface area contributed by atoms with Crippen LogP contribution in [0.15, 0.2) is 0 Å². The van der Waals surface area contributed by atoms with Gasteiger partial charge in [-0.2, -0.15) is 0 Å². The zero-order chi connectivity index (χ0) is 12.1. The summed E-state index contributed by atoms with van der Waals surface area (Å²) in [5, 5.41) is 9.59. The standard InChI is InChI=1S/C10H16N2O3S/c1-4-15-6-5-12(3)10-11-8(9(13)14)7(2)16-10/h4-6H2,1-3H3,(H,13,14). The predicted octanol–water partition coefficient (Wildman–Crippen LogP) is 1.62. The lowest BCUT2D eigenvalue weighted by Gasteiger charge is -2.14. The minimum Gasteiger partial charge on any atom is -0.476 e. The summed E-state index contributed by atoms with van der Waals surface area (Å²) in [4.78, 5) is 17.5. The monoisotopic (exact) mass is 244 g/mol. The van der Waals surface area contributed by atoms with Crippen molar-refractivity contribution in [2.75, 3.05) is 31.7 Å². The molecular weight excluding hydrogens is 228 g/mol. The SMILES string of the molecule is CCOCCN(C)c1nc(C(=O)O)c(C)s1. The van der Waals surface area contributed by atoms with Crippen molar-refractivity contribution in [1.29, 1.82) is 0 Å². The number of likely N-dealkylation sites (N-methyl/N-ethyl adjacent to an activating group) is 1. The quantitative estimate of drug-likeness (QED) is 0.770. The molecule has 6 heteroatoms. The number of hydrogen-bond acceptors (Lipinski definition) is 5. The molecule has 0 saturated carbocycles. The van der Waals surface area contributed by atoms with Gasteiger partial charge in [-0.3, -0.25) is 0 Å². The maximum absolute atomic E-state index is 10.8. The fraction of sp³-hybridized carbons (Fsp3) is 0.600. The summed E-state index contributed by atoms with van der Waals surface area (Å²) >= 11 is 1.39. The summed E-state index contributed by atoms with van der Waals surface area (Å²) in [6, 6.07) is 0. The number of ether oxygens (including phenoxy) is 1. The van der Waals surface area contributed by atoms with Crippen LogP contribution in [0.2, 0.25) is 0 Å². The number of carboxylic acids is 1. The molecule has 0 fully saturated rings. The van der Waals surface area contributed by atoms with Gasteiger partial charge < -0.3 is 14.7 Å². The van der Waals surface area contributed by atoms with Crippen LogP contribution in [0.4, 0.5) is 5.13 Å². The van der Waals surface area contributed by atoms with E-state index < -0.39 is 5.97 Å². The third-order valence-electron chi connectivity index (χ3n) is 2.09. The Morgan fingerprint density at radius 3 is 2.81 bits per heavy atom. The fourth-order valence-electron chi connectivity index (χ4n) is 1.19. The summed E-state index contributed by atoms with van der Waals surface area (Å²) < 4.78 is 5.23. The molecule has 0 unspecified atom stereocenters. The van der Waals surface area contributed by atoms with E-state index in [1.807, 2.05) is 18.9 Å². The molecule has 0 atom stereocenters.